The van der Waals surface area contributed by atoms with Gasteiger partial charge in [-0.05, 0) is 70.2 Å². The molecule has 220 valence electrons. The summed E-state index contributed by atoms with van der Waals surface area (Å²) in [6.45, 7) is 4.16. The van der Waals surface area contributed by atoms with Crippen LogP contribution in [0.5, 0.6) is 0 Å². The van der Waals surface area contributed by atoms with E-state index in [1.54, 1.807) is 24.3 Å². The minimum Gasteiger partial charge on any atom is -0.378 e. The smallest absolute Gasteiger partial charge is 0.296 e. The third kappa shape index (κ3) is 6.13. The first-order chi connectivity index (χ1) is 20.0. The predicted octanol–water partition coefficient (Wildman–Crippen LogP) is 3.77. The number of likely N-dealkylation sites (N-methyl/N-ethyl adjacent to an activating group) is 1. The average Bonchev–Trinajstić information content (AvgIpc) is 3.61. The van der Waals surface area contributed by atoms with E-state index >= 15 is 0 Å². The Bertz CT molecular complexity index is 1350. The number of hydrogen-bond acceptors (Lipinski definition) is 8. The molecule has 2 aromatic heterocycles. The number of aromatic nitrogens is 4. The lowest BCUT2D eigenvalue weighted by Gasteiger charge is -2.31. The van der Waals surface area contributed by atoms with Crippen molar-refractivity contribution in [2.24, 2.45) is 5.92 Å². The van der Waals surface area contributed by atoms with Gasteiger partial charge < -0.3 is 20.3 Å². The van der Waals surface area contributed by atoms with Crippen molar-refractivity contribution >= 4 is 28.7 Å². The summed E-state index contributed by atoms with van der Waals surface area (Å²) in [7, 11) is 2.01. The third-order valence-electron chi connectivity index (χ3n) is 8.61. The zero-order chi connectivity index (χ0) is 28.3. The van der Waals surface area contributed by atoms with Gasteiger partial charge in [-0.1, -0.05) is 12.1 Å². The Morgan fingerprint density at radius 3 is 2.51 bits per heavy atom. The van der Waals surface area contributed by atoms with Gasteiger partial charge in [0, 0.05) is 31.7 Å². The molecule has 0 bridgehead atoms. The predicted molar refractivity (Wildman–Crippen MR) is 153 cm³/mol. The van der Waals surface area contributed by atoms with Crippen molar-refractivity contribution < 1.29 is 18.3 Å². The Labute approximate surface area is 238 Å². The highest BCUT2D eigenvalue weighted by atomic mass is 19.3. The summed E-state index contributed by atoms with van der Waals surface area (Å²) in [4.78, 5) is 30.6. The van der Waals surface area contributed by atoms with E-state index in [1.807, 2.05) is 13.1 Å². The molecule has 10 nitrogen and oxygen atoms in total. The number of ether oxygens (including phenoxy) is 1. The summed E-state index contributed by atoms with van der Waals surface area (Å²) in [6.07, 6.45) is 3.04. The van der Waals surface area contributed by atoms with Crippen molar-refractivity contribution in [3.05, 3.63) is 36.2 Å². The van der Waals surface area contributed by atoms with Gasteiger partial charge in [-0.15, -0.1) is 0 Å². The van der Waals surface area contributed by atoms with Gasteiger partial charge in [0.1, 0.15) is 11.6 Å². The van der Waals surface area contributed by atoms with Gasteiger partial charge >= 0.3 is 0 Å². The number of alkyl halides is 2. The number of benzene rings is 1. The Morgan fingerprint density at radius 2 is 1.78 bits per heavy atom. The van der Waals surface area contributed by atoms with Crippen molar-refractivity contribution in [1.29, 1.82) is 0 Å². The minimum absolute atomic E-state index is 0.00343. The number of halogens is 2. The number of anilines is 2. The number of imidazole rings is 1. The van der Waals surface area contributed by atoms with Crippen LogP contribution >= 0.6 is 0 Å². The number of nitrogens with zero attached hydrogens (tertiary/aromatic N) is 6. The number of likely N-dealkylation sites (tertiary alicyclic amines) is 1. The number of rotatable bonds is 8. The highest BCUT2D eigenvalue weighted by Gasteiger charge is 2.29. The molecule has 2 aliphatic heterocycles. The maximum absolute atomic E-state index is 14.1. The first kappa shape index (κ1) is 27.8. The van der Waals surface area contributed by atoms with Crippen molar-refractivity contribution in [3.8, 4) is 5.82 Å². The van der Waals surface area contributed by atoms with Crippen LogP contribution in [0.1, 0.15) is 50.8 Å². The Kier molecular flexibility index (Phi) is 8.29. The van der Waals surface area contributed by atoms with Crippen LogP contribution in [-0.4, -0.2) is 88.9 Å². The van der Waals surface area contributed by atoms with Gasteiger partial charge in [0.05, 0.1) is 30.3 Å². The maximum atomic E-state index is 14.1. The van der Waals surface area contributed by atoms with Crippen molar-refractivity contribution in [2.75, 3.05) is 56.7 Å². The molecule has 1 aromatic carbocycles. The largest absolute Gasteiger partial charge is 0.378 e. The van der Waals surface area contributed by atoms with Gasteiger partial charge in [0.15, 0.2) is 5.82 Å². The molecule has 3 aromatic rings. The van der Waals surface area contributed by atoms with Crippen molar-refractivity contribution in [1.82, 2.24) is 29.7 Å². The van der Waals surface area contributed by atoms with E-state index in [0.717, 1.165) is 45.1 Å². The van der Waals surface area contributed by atoms with E-state index in [4.69, 9.17) is 14.7 Å². The van der Waals surface area contributed by atoms with E-state index in [9.17, 15) is 13.6 Å². The molecule has 1 atom stereocenters. The van der Waals surface area contributed by atoms with Gasteiger partial charge in [-0.3, -0.25) is 14.3 Å². The average molecular weight is 569 g/mol. The molecule has 41 heavy (non-hydrogen) atoms. The van der Waals surface area contributed by atoms with Crippen molar-refractivity contribution in [2.45, 2.75) is 57.0 Å². The van der Waals surface area contributed by atoms with E-state index < -0.39 is 6.43 Å². The first-order valence-corrected chi connectivity index (χ1v) is 14.7. The number of morpholine rings is 1. The molecule has 0 unspecified atom stereocenters. The minimum atomic E-state index is -2.76. The number of hydrogen-bond donors (Lipinski definition) is 2. The fourth-order valence-electron chi connectivity index (χ4n) is 6.29. The van der Waals surface area contributed by atoms with Crippen LogP contribution in [0.15, 0.2) is 30.3 Å². The standard InChI is InChI=1S/C29H38F2N8O2/c1-37-12-4-7-23(37)28(40)32-18-19-8-10-20(11-9-19)33-29-35-24(38-13-15-41-16-14-38)17-25(36-29)39-22-6-3-2-5-21(22)34-27(39)26(30)31/h2-3,5-6,17,19-20,23,26H,4,7-16,18H2,1H3,(H,32,40)(H,33,35,36)/t19?,20?,23-/m0/s1. The summed E-state index contributed by atoms with van der Waals surface area (Å²) in [5.74, 6) is 1.69. The highest BCUT2D eigenvalue weighted by Crippen LogP contribution is 2.31. The quantitative estimate of drug-likeness (QED) is 0.424. The number of nitrogens with one attached hydrogen (secondary N) is 2. The molecule has 1 saturated carbocycles. The molecule has 1 aliphatic carbocycles. The molecule has 1 amide bonds. The van der Waals surface area contributed by atoms with Crippen LogP contribution in [0.25, 0.3) is 16.9 Å². The topological polar surface area (TPSA) is 100 Å². The lowest BCUT2D eigenvalue weighted by atomic mass is 9.86. The summed E-state index contributed by atoms with van der Waals surface area (Å²) < 4.78 is 35.2. The monoisotopic (exact) mass is 568 g/mol. The summed E-state index contributed by atoms with van der Waals surface area (Å²) in [5, 5.41) is 6.67. The molecular weight excluding hydrogens is 530 g/mol. The second kappa shape index (κ2) is 12.2. The molecule has 6 rings (SSSR count). The lowest BCUT2D eigenvalue weighted by Crippen LogP contribution is -2.43. The molecule has 2 saturated heterocycles. The Hall–Kier alpha value is -3.38. The zero-order valence-electron chi connectivity index (χ0n) is 23.4. The number of carbonyl (C=O) groups is 1. The van der Waals surface area contributed by atoms with E-state index in [-0.39, 0.29) is 23.8 Å². The molecule has 0 radical (unpaired) electrons. The Balaban J connectivity index is 1.18. The normalized spacial score (nSPS) is 23.8. The van der Waals surface area contributed by atoms with E-state index in [2.05, 4.69) is 25.4 Å². The molecule has 3 fully saturated rings. The van der Waals surface area contributed by atoms with Gasteiger partial charge in [-0.2, -0.15) is 9.97 Å². The van der Waals surface area contributed by atoms with Crippen LogP contribution in [-0.2, 0) is 9.53 Å². The van der Waals surface area contributed by atoms with Gasteiger partial charge in [-0.25, -0.2) is 13.8 Å². The van der Waals surface area contributed by atoms with Crippen LogP contribution in [0.4, 0.5) is 20.5 Å². The zero-order valence-corrected chi connectivity index (χ0v) is 23.4. The number of fused-ring (bicyclic) bond motifs is 1. The first-order valence-electron chi connectivity index (χ1n) is 14.7. The molecule has 3 aliphatic rings. The van der Waals surface area contributed by atoms with E-state index in [1.165, 1.54) is 4.57 Å². The van der Waals surface area contributed by atoms with Crippen LogP contribution < -0.4 is 15.5 Å². The summed E-state index contributed by atoms with van der Waals surface area (Å²) in [5.41, 5.74) is 1.07. The molecule has 4 heterocycles. The molecule has 0 spiro atoms. The second-order valence-corrected chi connectivity index (χ2v) is 11.3. The third-order valence-corrected chi connectivity index (χ3v) is 8.61. The summed E-state index contributed by atoms with van der Waals surface area (Å²) in [6, 6.07) is 9.03. The molecule has 2 N–H and O–H groups in total. The fraction of sp³-hybridized carbons (Fsp3) is 0.586. The fourth-order valence-corrected chi connectivity index (χ4v) is 6.29. The SMILES string of the molecule is CN1CCC[C@H]1C(=O)NCC1CCC(Nc2nc(N3CCOCC3)cc(-n3c(C(F)F)nc4ccccc43)n2)CC1. The second-order valence-electron chi connectivity index (χ2n) is 11.3. The molecular formula is C29H38F2N8O2. The van der Waals surface area contributed by atoms with Crippen LogP contribution in [0.2, 0.25) is 0 Å². The lowest BCUT2D eigenvalue weighted by molar-refractivity contribution is -0.125. The van der Waals surface area contributed by atoms with E-state index in [0.29, 0.717) is 67.4 Å². The number of carbonyl (C=O) groups excluding carboxylic acids is 1. The summed E-state index contributed by atoms with van der Waals surface area (Å²) >= 11 is 0. The maximum Gasteiger partial charge on any atom is 0.296 e. The molecule has 12 heteroatoms. The van der Waals surface area contributed by atoms with Gasteiger partial charge in [0.2, 0.25) is 11.9 Å². The van der Waals surface area contributed by atoms with Crippen molar-refractivity contribution in [3.63, 3.8) is 0 Å². The number of para-hydroxylation sites is 2. The Morgan fingerprint density at radius 1 is 1.02 bits per heavy atom. The van der Waals surface area contributed by atoms with Crippen LogP contribution in [0, 0.1) is 5.92 Å². The number of amides is 1. The highest BCUT2D eigenvalue weighted by molar-refractivity contribution is 5.82. The van der Waals surface area contributed by atoms with Gasteiger partial charge in [0.25, 0.3) is 6.43 Å². The van der Waals surface area contributed by atoms with Crippen LogP contribution in [0.3, 0.4) is 0 Å².